The van der Waals surface area contributed by atoms with Crippen LogP contribution in [0, 0.1) is 11.8 Å². The van der Waals surface area contributed by atoms with Crippen LogP contribution < -0.4 is 0 Å². The number of hydrogen-bond donors (Lipinski definition) is 0. The number of fused-ring (bicyclic) bond motifs is 2. The Kier molecular flexibility index (Phi) is 10.5. The van der Waals surface area contributed by atoms with Gasteiger partial charge in [-0.05, 0) is 86.8 Å². The summed E-state index contributed by atoms with van der Waals surface area (Å²) in [6.07, 6.45) is 7.74. The molecule has 4 rings (SSSR count). The molecule has 4 aliphatic rings. The van der Waals surface area contributed by atoms with Crippen LogP contribution in [0.1, 0.15) is 53.4 Å². The average molecular weight is 665 g/mol. The molecule has 0 aromatic rings. The second-order valence-corrected chi connectivity index (χ2v) is 18.7. The molecule has 4 aliphatic heterocycles. The van der Waals surface area contributed by atoms with Crippen molar-refractivity contribution in [3.8, 4) is 0 Å². The first kappa shape index (κ1) is 31.4. The van der Waals surface area contributed by atoms with Gasteiger partial charge in [-0.3, -0.25) is 8.42 Å². The van der Waals surface area contributed by atoms with Crippen LogP contribution in [0.3, 0.4) is 0 Å². The molecular weight excluding hydrogens is 629 g/mol. The molecule has 4 heterocycles. The molecular formula is C26H36N2O2S8. The average Bonchev–Trinajstić information content (AvgIpc) is 3.49. The van der Waals surface area contributed by atoms with E-state index in [1.54, 1.807) is 0 Å². The van der Waals surface area contributed by atoms with Crippen molar-refractivity contribution >= 4 is 114 Å². The number of rotatable bonds is 11. The van der Waals surface area contributed by atoms with Gasteiger partial charge in [0.2, 0.25) is 0 Å². The Hall–Kier alpha value is 0.440. The summed E-state index contributed by atoms with van der Waals surface area (Å²) in [5.74, 6) is 4.71. The summed E-state index contributed by atoms with van der Waals surface area (Å²) in [5, 5.41) is 0. The lowest BCUT2D eigenvalue weighted by Gasteiger charge is -2.44. The lowest BCUT2D eigenvalue weighted by molar-refractivity contribution is 0.299. The Morgan fingerprint density at radius 2 is 1.11 bits per heavy atom. The Bertz CT molecular complexity index is 1050. The molecule has 4 atom stereocenters. The van der Waals surface area contributed by atoms with Gasteiger partial charge in [0, 0.05) is 67.5 Å². The van der Waals surface area contributed by atoms with Crippen LogP contribution >= 0.6 is 72.4 Å². The molecule has 0 aromatic carbocycles. The van der Waals surface area contributed by atoms with E-state index in [9.17, 15) is 8.42 Å². The van der Waals surface area contributed by atoms with E-state index < -0.39 is 21.6 Å². The Morgan fingerprint density at radius 1 is 0.737 bits per heavy atom. The minimum Gasteiger partial charge on any atom is -0.321 e. The SMILES string of the molecule is CC(C)(CCS(=O)CCS(=O)CCC(C)(C)N1C(=S)C=C2SCCC2C1=S)N1C(=S)C=C2SCCC2C1=S. The normalized spacial score (nSPS) is 25.8. The monoisotopic (exact) mass is 664 g/mol. The first-order chi connectivity index (χ1) is 17.8. The van der Waals surface area contributed by atoms with Crippen LogP contribution in [0.15, 0.2) is 22.0 Å². The fourth-order valence-corrected chi connectivity index (χ4v) is 13.6. The van der Waals surface area contributed by atoms with Crippen LogP contribution in [0.2, 0.25) is 0 Å². The molecule has 0 amide bonds. The molecule has 4 unspecified atom stereocenters. The Labute approximate surface area is 262 Å². The molecule has 38 heavy (non-hydrogen) atoms. The molecule has 210 valence electrons. The van der Waals surface area contributed by atoms with E-state index in [0.29, 0.717) is 47.7 Å². The topological polar surface area (TPSA) is 40.6 Å². The van der Waals surface area contributed by atoms with Gasteiger partial charge in [-0.2, -0.15) is 0 Å². The zero-order chi connectivity index (χ0) is 27.8. The van der Waals surface area contributed by atoms with Crippen molar-refractivity contribution in [1.82, 2.24) is 9.80 Å². The van der Waals surface area contributed by atoms with Crippen molar-refractivity contribution in [3.63, 3.8) is 0 Å². The van der Waals surface area contributed by atoms with Gasteiger partial charge in [0.15, 0.2) is 0 Å². The first-order valence-electron chi connectivity index (χ1n) is 13.0. The van der Waals surface area contributed by atoms with Crippen LogP contribution in [0.4, 0.5) is 0 Å². The van der Waals surface area contributed by atoms with Crippen molar-refractivity contribution in [1.29, 1.82) is 0 Å². The van der Waals surface area contributed by atoms with Crippen LogP contribution in [0.5, 0.6) is 0 Å². The number of thioether (sulfide) groups is 2. The van der Waals surface area contributed by atoms with Gasteiger partial charge in [0.1, 0.15) is 9.98 Å². The van der Waals surface area contributed by atoms with Gasteiger partial charge in [-0.1, -0.05) is 48.9 Å². The zero-order valence-electron chi connectivity index (χ0n) is 22.4. The lowest BCUT2D eigenvalue weighted by atomic mass is 9.93. The highest BCUT2D eigenvalue weighted by atomic mass is 32.2. The molecule has 12 heteroatoms. The predicted molar refractivity (Wildman–Crippen MR) is 185 cm³/mol. The molecule has 0 saturated carbocycles. The van der Waals surface area contributed by atoms with Crippen molar-refractivity contribution < 1.29 is 8.42 Å². The lowest BCUT2D eigenvalue weighted by Crippen LogP contribution is -2.53. The first-order valence-corrected chi connectivity index (χ1v) is 19.5. The summed E-state index contributed by atoms with van der Waals surface area (Å²) in [6.45, 7) is 8.51. The van der Waals surface area contributed by atoms with E-state index in [2.05, 4.69) is 49.6 Å². The maximum absolute atomic E-state index is 12.9. The van der Waals surface area contributed by atoms with Gasteiger partial charge >= 0.3 is 0 Å². The standard InChI is InChI=1S/C26H36N2O2S8/c1-25(2,27-21(31)15-19-17(23(27)33)5-9-35-19)7-11-37(29)13-14-38(30)12-8-26(3,4)28-22(32)16-20-18(24(28)34)6-10-36-20/h15-18H,5-14H2,1-4H3. The summed E-state index contributed by atoms with van der Waals surface area (Å²) in [6, 6.07) is 0. The van der Waals surface area contributed by atoms with Gasteiger partial charge in [0.25, 0.3) is 0 Å². The largest absolute Gasteiger partial charge is 0.321 e. The maximum Gasteiger partial charge on any atom is 0.108 e. The summed E-state index contributed by atoms with van der Waals surface area (Å²) >= 11 is 26.8. The van der Waals surface area contributed by atoms with E-state index in [1.165, 1.54) is 9.81 Å². The fourth-order valence-electron chi connectivity index (χ4n) is 5.29. The molecule has 0 aromatic heterocycles. The minimum atomic E-state index is -1.05. The third-order valence-electron chi connectivity index (χ3n) is 7.68. The molecule has 0 aliphatic carbocycles. The van der Waals surface area contributed by atoms with Gasteiger partial charge < -0.3 is 9.80 Å². The van der Waals surface area contributed by atoms with Crippen molar-refractivity contribution in [2.75, 3.05) is 34.5 Å². The number of nitrogens with zero attached hydrogens (tertiary/aromatic N) is 2. The molecule has 2 saturated heterocycles. The molecule has 0 radical (unpaired) electrons. The van der Waals surface area contributed by atoms with E-state index in [4.69, 9.17) is 48.9 Å². The molecule has 0 bridgehead atoms. The van der Waals surface area contributed by atoms with Gasteiger partial charge in [-0.25, -0.2) is 0 Å². The Morgan fingerprint density at radius 3 is 1.47 bits per heavy atom. The summed E-state index contributed by atoms with van der Waals surface area (Å²) in [4.78, 5) is 10.1. The van der Waals surface area contributed by atoms with E-state index in [0.717, 1.165) is 44.3 Å². The molecule has 4 nitrogen and oxygen atoms in total. The zero-order valence-corrected chi connectivity index (χ0v) is 28.9. The van der Waals surface area contributed by atoms with E-state index in [1.807, 2.05) is 23.5 Å². The highest BCUT2D eigenvalue weighted by molar-refractivity contribution is 8.03. The smallest absolute Gasteiger partial charge is 0.108 e. The third kappa shape index (κ3) is 6.90. The summed E-state index contributed by atoms with van der Waals surface area (Å²) in [7, 11) is -2.10. The summed E-state index contributed by atoms with van der Waals surface area (Å²) in [5.41, 5.74) is -0.612. The van der Waals surface area contributed by atoms with Gasteiger partial charge in [0.05, 0.1) is 9.98 Å². The third-order valence-corrected chi connectivity index (χ3v) is 14.5. The predicted octanol–water partition coefficient (Wildman–Crippen LogP) is 6.04. The molecule has 0 spiro atoms. The van der Waals surface area contributed by atoms with Crippen molar-refractivity contribution in [3.05, 3.63) is 22.0 Å². The second kappa shape index (κ2) is 12.8. The second-order valence-electron chi connectivity index (χ2n) is 11.3. The quantitative estimate of drug-likeness (QED) is 0.245. The molecule has 2 fully saturated rings. The summed E-state index contributed by atoms with van der Waals surface area (Å²) < 4.78 is 25.8. The van der Waals surface area contributed by atoms with Crippen LogP contribution in [-0.2, 0) is 21.6 Å². The van der Waals surface area contributed by atoms with Crippen LogP contribution in [0.25, 0.3) is 0 Å². The van der Waals surface area contributed by atoms with Crippen molar-refractivity contribution in [2.45, 2.75) is 64.5 Å². The maximum atomic E-state index is 12.9. The van der Waals surface area contributed by atoms with Crippen molar-refractivity contribution in [2.24, 2.45) is 11.8 Å². The number of hydrogen-bond acceptors (Lipinski definition) is 8. The minimum absolute atomic E-state index is 0.293. The highest BCUT2D eigenvalue weighted by Crippen LogP contribution is 2.44. The Balaban J connectivity index is 1.23. The van der Waals surface area contributed by atoms with Gasteiger partial charge in [-0.15, -0.1) is 23.5 Å². The fraction of sp³-hybridized carbons (Fsp3) is 0.692. The van der Waals surface area contributed by atoms with E-state index >= 15 is 0 Å². The molecule has 0 N–H and O–H groups in total. The number of thiocarbonyl (C=S) groups is 4. The van der Waals surface area contributed by atoms with Crippen LogP contribution in [-0.4, -0.2) is 83.8 Å². The van der Waals surface area contributed by atoms with E-state index in [-0.39, 0.29) is 11.1 Å². The highest BCUT2D eigenvalue weighted by Gasteiger charge is 2.42.